The van der Waals surface area contributed by atoms with E-state index in [-0.39, 0.29) is 32.2 Å². The summed E-state index contributed by atoms with van der Waals surface area (Å²) in [5.41, 5.74) is 3.58. The van der Waals surface area contributed by atoms with Crippen LogP contribution in [0.2, 0.25) is 5.02 Å². The molecule has 1 unspecified atom stereocenters. The lowest BCUT2D eigenvalue weighted by Crippen LogP contribution is -2.45. The van der Waals surface area contributed by atoms with Gasteiger partial charge in [-0.3, -0.25) is 9.36 Å². The predicted octanol–water partition coefficient (Wildman–Crippen LogP) is 8.84. The Morgan fingerprint density at radius 2 is 1.62 bits per heavy atom. The van der Waals surface area contributed by atoms with Crippen molar-refractivity contribution in [3.63, 3.8) is 0 Å². The number of halogens is 1. The van der Waals surface area contributed by atoms with E-state index in [1.54, 1.807) is 0 Å². The van der Waals surface area contributed by atoms with Crippen molar-refractivity contribution < 1.29 is 13.9 Å². The minimum atomic E-state index is -3.03. The summed E-state index contributed by atoms with van der Waals surface area (Å²) in [7, 11) is -3.03. The Morgan fingerprint density at radius 3 is 2.16 bits per heavy atom. The number of hydrogen-bond donors (Lipinski definition) is 1. The fraction of sp³-hybridized carbons (Fsp3) is 0.567. The average molecular weight is 551 g/mol. The van der Waals surface area contributed by atoms with E-state index >= 15 is 0 Å². The van der Waals surface area contributed by atoms with Crippen molar-refractivity contribution in [3.05, 3.63) is 58.6 Å². The number of nitrogens with zero attached hydrogens (tertiary/aromatic N) is 1. The summed E-state index contributed by atoms with van der Waals surface area (Å²) in [6, 6.07) is 13.6. The second kappa shape index (κ2) is 12.9. The first kappa shape index (κ1) is 33.4. The maximum absolute atomic E-state index is 14.0. The molecular formula is C30H48ClN2O3P. The first-order valence-corrected chi connectivity index (χ1v) is 14.3. The molecule has 1 atom stereocenters. The molecule has 0 bridgehead atoms. The number of rotatable bonds is 6. The van der Waals surface area contributed by atoms with E-state index in [9.17, 15) is 9.36 Å². The van der Waals surface area contributed by atoms with Crippen LogP contribution < -0.4 is 5.32 Å². The summed E-state index contributed by atoms with van der Waals surface area (Å²) in [5.74, 6) is -0.0843. The van der Waals surface area contributed by atoms with E-state index in [4.69, 9.17) is 16.1 Å². The van der Waals surface area contributed by atoms with Gasteiger partial charge in [0, 0.05) is 29.7 Å². The number of carbonyl (C=O) groups is 1. The molecule has 3 rings (SSSR count). The molecule has 2 aromatic carbocycles. The molecule has 1 heterocycles. The van der Waals surface area contributed by atoms with Gasteiger partial charge < -0.3 is 9.84 Å². The van der Waals surface area contributed by atoms with Crippen molar-refractivity contribution >= 4 is 25.0 Å². The quantitative estimate of drug-likeness (QED) is 0.365. The second-order valence-corrected chi connectivity index (χ2v) is 15.4. The van der Waals surface area contributed by atoms with Crippen LogP contribution in [0.25, 0.3) is 11.1 Å². The van der Waals surface area contributed by atoms with Crippen molar-refractivity contribution in [3.8, 4) is 11.1 Å². The van der Waals surface area contributed by atoms with Crippen molar-refractivity contribution in [2.75, 3.05) is 19.7 Å². The first-order valence-electron chi connectivity index (χ1n) is 12.4. The molecule has 0 aromatic heterocycles. The van der Waals surface area contributed by atoms with Crippen LogP contribution in [0.15, 0.2) is 42.5 Å². The van der Waals surface area contributed by atoms with Gasteiger partial charge in [-0.1, -0.05) is 65.4 Å². The zero-order valence-corrected chi connectivity index (χ0v) is 23.8. The number of aryl methyl sites for hydroxylation is 1. The predicted molar refractivity (Wildman–Crippen MR) is 160 cm³/mol. The Balaban J connectivity index is 0.00000342. The van der Waals surface area contributed by atoms with Crippen molar-refractivity contribution in [2.24, 2.45) is 5.41 Å². The summed E-state index contributed by atoms with van der Waals surface area (Å²) >= 11 is 6.17. The molecule has 1 amide bonds. The van der Waals surface area contributed by atoms with Crippen LogP contribution in [-0.4, -0.2) is 41.5 Å². The largest absolute Gasteiger partial charge is 0.349 e. The third kappa shape index (κ3) is 8.42. The minimum Gasteiger partial charge on any atom is -0.349 e. The van der Waals surface area contributed by atoms with Gasteiger partial charge in [0.05, 0.1) is 11.8 Å². The highest BCUT2D eigenvalue weighted by atomic mass is 35.5. The van der Waals surface area contributed by atoms with Gasteiger partial charge in [0.1, 0.15) is 0 Å². The monoisotopic (exact) mass is 550 g/mol. The van der Waals surface area contributed by atoms with Crippen LogP contribution in [0.5, 0.6) is 0 Å². The molecule has 1 aliphatic heterocycles. The number of nitrogens with one attached hydrogen (secondary N) is 1. The molecule has 0 radical (unpaired) electrons. The highest BCUT2D eigenvalue weighted by Crippen LogP contribution is 2.62. The summed E-state index contributed by atoms with van der Waals surface area (Å²) in [6.07, 6.45) is 1.47. The minimum absolute atomic E-state index is 0. The summed E-state index contributed by atoms with van der Waals surface area (Å²) < 4.78 is 22.2. The van der Waals surface area contributed by atoms with Gasteiger partial charge in [0.25, 0.3) is 13.4 Å². The normalized spacial score (nSPS) is 16.8. The highest BCUT2D eigenvalue weighted by Gasteiger charge is 2.45. The molecule has 1 aliphatic rings. The number of carbonyl (C=O) groups excluding carboxylic acids is 1. The van der Waals surface area contributed by atoms with E-state index in [0.29, 0.717) is 25.3 Å². The molecule has 1 fully saturated rings. The lowest BCUT2D eigenvalue weighted by Gasteiger charge is -2.43. The van der Waals surface area contributed by atoms with Gasteiger partial charge in [-0.2, -0.15) is 0 Å². The molecule has 0 spiro atoms. The van der Waals surface area contributed by atoms with E-state index in [1.807, 2.05) is 74.8 Å². The number of benzene rings is 2. The third-order valence-electron chi connectivity index (χ3n) is 6.32. The van der Waals surface area contributed by atoms with Gasteiger partial charge in [-0.05, 0) is 86.9 Å². The third-order valence-corrected chi connectivity index (χ3v) is 10.1. The van der Waals surface area contributed by atoms with Gasteiger partial charge >= 0.3 is 0 Å². The van der Waals surface area contributed by atoms with Crippen LogP contribution in [0, 0.1) is 12.3 Å². The summed E-state index contributed by atoms with van der Waals surface area (Å²) in [4.78, 5) is 13.0. The van der Waals surface area contributed by atoms with Crippen LogP contribution in [-0.2, 0) is 9.09 Å². The maximum Gasteiger partial charge on any atom is 0.277 e. The first-order chi connectivity index (χ1) is 16.2. The lowest BCUT2D eigenvalue weighted by molar-refractivity contribution is 0.0919. The Morgan fingerprint density at radius 1 is 1.03 bits per heavy atom. The van der Waals surface area contributed by atoms with Crippen molar-refractivity contribution in [1.82, 2.24) is 9.99 Å². The zero-order valence-electron chi connectivity index (χ0n) is 22.2. The Labute approximate surface area is 230 Å². The lowest BCUT2D eigenvalue weighted by atomic mass is 9.99. The van der Waals surface area contributed by atoms with Crippen LogP contribution in [0.1, 0.15) is 85.2 Å². The smallest absolute Gasteiger partial charge is 0.277 e. The van der Waals surface area contributed by atoms with Gasteiger partial charge in [-0.15, -0.1) is 0 Å². The standard InChI is InChI=1S/C28H40ClN2O3P.2CH4/c1-20-17-22(11-12-25(20)29)21-9-8-10-23(18-21)26(32)30-24-13-15-31(16-14-24)35(33,28(5,6)7)34-19-27(2,3)4;;/h8-12,17-18,24H,13-16,19H2,1-7H3,(H,30,32);2*1H4. The molecule has 0 saturated carbocycles. The van der Waals surface area contributed by atoms with Crippen LogP contribution in [0.3, 0.4) is 0 Å². The molecule has 37 heavy (non-hydrogen) atoms. The topological polar surface area (TPSA) is 58.6 Å². The SMILES string of the molecule is C.C.Cc1cc(-c2cccc(C(=O)NC3CCN(P(=O)(OCC(C)(C)C)C(C)(C)C)CC3)c2)ccc1Cl. The molecule has 208 valence electrons. The van der Waals surface area contributed by atoms with Crippen molar-refractivity contribution in [2.45, 2.75) is 87.4 Å². The summed E-state index contributed by atoms with van der Waals surface area (Å²) in [5, 5.41) is 3.44. The Kier molecular flexibility index (Phi) is 11.7. The van der Waals surface area contributed by atoms with E-state index in [0.717, 1.165) is 34.6 Å². The van der Waals surface area contributed by atoms with Crippen LogP contribution in [0.4, 0.5) is 0 Å². The molecule has 5 nitrogen and oxygen atoms in total. The molecule has 7 heteroatoms. The zero-order chi connectivity index (χ0) is 26.0. The number of hydrogen-bond acceptors (Lipinski definition) is 3. The molecule has 1 saturated heterocycles. The van der Waals surface area contributed by atoms with E-state index < -0.39 is 12.7 Å². The van der Waals surface area contributed by atoms with Crippen molar-refractivity contribution in [1.29, 1.82) is 0 Å². The molecule has 0 aliphatic carbocycles. The number of piperidine rings is 1. The fourth-order valence-electron chi connectivity index (χ4n) is 4.19. The Hall–Kier alpha value is -1.65. The molecular weight excluding hydrogens is 503 g/mol. The van der Waals surface area contributed by atoms with E-state index in [1.165, 1.54) is 0 Å². The van der Waals surface area contributed by atoms with Gasteiger partial charge in [-0.25, -0.2) is 4.67 Å². The summed E-state index contributed by atoms with van der Waals surface area (Å²) in [6.45, 7) is 15.9. The van der Waals surface area contributed by atoms with Gasteiger partial charge in [0.2, 0.25) is 0 Å². The maximum atomic E-state index is 14.0. The van der Waals surface area contributed by atoms with E-state index in [2.05, 4.69) is 26.1 Å². The Bertz CT molecular complexity index is 1100. The number of amides is 1. The highest BCUT2D eigenvalue weighted by molar-refractivity contribution is 7.58. The second-order valence-electron chi connectivity index (χ2n) is 11.8. The van der Waals surface area contributed by atoms with Gasteiger partial charge in [0.15, 0.2) is 0 Å². The fourth-order valence-corrected chi connectivity index (χ4v) is 7.02. The molecule has 1 N–H and O–H groups in total. The van der Waals surface area contributed by atoms with Crippen LogP contribution >= 0.6 is 19.1 Å². The average Bonchev–Trinajstić information content (AvgIpc) is 2.78. The molecule has 2 aromatic rings.